The molecule has 0 bridgehead atoms. The summed E-state index contributed by atoms with van der Waals surface area (Å²) in [4.78, 5) is 12.1. The Morgan fingerprint density at radius 1 is 1.56 bits per heavy atom. The third-order valence-corrected chi connectivity index (χ3v) is 3.08. The van der Waals surface area contributed by atoms with E-state index in [1.165, 1.54) is 0 Å². The number of rotatable bonds is 6. The van der Waals surface area contributed by atoms with E-state index in [1.54, 1.807) is 12.3 Å². The van der Waals surface area contributed by atoms with Crippen LogP contribution in [0.15, 0.2) is 12.3 Å². The lowest BCUT2D eigenvalue weighted by Gasteiger charge is -2.20. The van der Waals surface area contributed by atoms with Gasteiger partial charge in [0.05, 0.1) is 17.7 Å². The monoisotopic (exact) mass is 272 g/mol. The van der Waals surface area contributed by atoms with Crippen LogP contribution in [0, 0.1) is 5.92 Å². The molecule has 102 valence electrons. The highest BCUT2D eigenvalue weighted by Gasteiger charge is 2.19. The molecule has 1 atom stereocenters. The van der Waals surface area contributed by atoms with Gasteiger partial charge < -0.3 is 15.0 Å². The van der Waals surface area contributed by atoms with Gasteiger partial charge in [-0.05, 0) is 18.4 Å². The number of hydrogen-bond acceptors (Lipinski definition) is 2. The van der Waals surface area contributed by atoms with Gasteiger partial charge in [-0.25, -0.2) is 0 Å². The van der Waals surface area contributed by atoms with Gasteiger partial charge in [-0.3, -0.25) is 4.79 Å². The maximum atomic E-state index is 12.1. The topological polar surface area (TPSA) is 54.3 Å². The van der Waals surface area contributed by atoms with E-state index in [1.807, 2.05) is 25.3 Å². The summed E-state index contributed by atoms with van der Waals surface area (Å²) >= 11 is 5.93. The highest BCUT2D eigenvalue weighted by molar-refractivity contribution is 6.31. The Hall–Kier alpha value is -1.00. The molecule has 5 heteroatoms. The molecule has 0 aliphatic rings. The van der Waals surface area contributed by atoms with Gasteiger partial charge >= 0.3 is 0 Å². The van der Waals surface area contributed by atoms with Crippen LogP contribution in [0.5, 0.6) is 0 Å². The third-order valence-electron chi connectivity index (χ3n) is 2.88. The molecule has 1 amide bonds. The molecular weight excluding hydrogens is 252 g/mol. The fraction of sp³-hybridized carbons (Fsp3) is 0.615. The predicted octanol–water partition coefficient (Wildman–Crippen LogP) is 2.30. The normalized spacial score (nSPS) is 12.8. The third kappa shape index (κ3) is 3.75. The largest absolute Gasteiger partial charge is 0.394 e. The summed E-state index contributed by atoms with van der Waals surface area (Å²) in [5.41, 5.74) is 0.543. The molecule has 0 radical (unpaired) electrons. The van der Waals surface area contributed by atoms with Crippen LogP contribution in [0.3, 0.4) is 0 Å². The van der Waals surface area contributed by atoms with Crippen LogP contribution in [-0.2, 0) is 6.54 Å². The van der Waals surface area contributed by atoms with Crippen molar-refractivity contribution in [3.63, 3.8) is 0 Å². The first-order chi connectivity index (χ1) is 8.49. The van der Waals surface area contributed by atoms with Crippen LogP contribution in [0.1, 0.15) is 37.7 Å². The first kappa shape index (κ1) is 15.1. The van der Waals surface area contributed by atoms with Gasteiger partial charge in [0.1, 0.15) is 5.69 Å². The number of hydrogen-bond donors (Lipinski definition) is 2. The number of aryl methyl sites for hydroxylation is 1. The first-order valence-corrected chi connectivity index (χ1v) is 6.64. The number of nitrogens with zero attached hydrogens (tertiary/aromatic N) is 1. The molecule has 0 aliphatic heterocycles. The van der Waals surface area contributed by atoms with E-state index in [0.29, 0.717) is 10.7 Å². The van der Waals surface area contributed by atoms with Gasteiger partial charge in [0.15, 0.2) is 0 Å². The fourth-order valence-electron chi connectivity index (χ4n) is 1.76. The molecule has 2 N–H and O–H groups in total. The number of nitrogens with one attached hydrogen (secondary N) is 1. The molecule has 0 aromatic carbocycles. The van der Waals surface area contributed by atoms with Crippen molar-refractivity contribution in [3.05, 3.63) is 23.0 Å². The molecule has 0 saturated carbocycles. The van der Waals surface area contributed by atoms with Crippen LogP contribution < -0.4 is 5.32 Å². The van der Waals surface area contributed by atoms with E-state index in [2.05, 4.69) is 5.32 Å². The molecule has 0 fully saturated rings. The lowest BCUT2D eigenvalue weighted by atomic mass is 10.1. The number of aliphatic hydroxyl groups excluding tert-OH is 1. The van der Waals surface area contributed by atoms with Crippen LogP contribution in [0.25, 0.3) is 0 Å². The van der Waals surface area contributed by atoms with E-state index < -0.39 is 0 Å². The number of carbonyl (C=O) groups is 1. The SMILES string of the molecule is CCCn1cc(Cl)cc1C(=O)NC(CO)C(C)C. The summed E-state index contributed by atoms with van der Waals surface area (Å²) in [7, 11) is 0. The summed E-state index contributed by atoms with van der Waals surface area (Å²) in [6, 6.07) is 1.42. The van der Waals surface area contributed by atoms with Gasteiger partial charge in [-0.1, -0.05) is 32.4 Å². The fourth-order valence-corrected chi connectivity index (χ4v) is 1.98. The second-order valence-corrected chi connectivity index (χ2v) is 5.18. The van der Waals surface area contributed by atoms with Gasteiger partial charge in [0, 0.05) is 12.7 Å². The van der Waals surface area contributed by atoms with Crippen molar-refractivity contribution in [2.45, 2.75) is 39.8 Å². The van der Waals surface area contributed by atoms with Crippen LogP contribution in [-0.4, -0.2) is 28.2 Å². The smallest absolute Gasteiger partial charge is 0.268 e. The standard InChI is InChI=1S/C13H21ClN2O2/c1-4-5-16-7-10(14)6-12(16)13(18)15-11(8-17)9(2)3/h6-7,9,11,17H,4-5,8H2,1-3H3,(H,15,18). The Bertz CT molecular complexity index is 402. The Balaban J connectivity index is 2.83. The molecule has 0 saturated heterocycles. The zero-order chi connectivity index (χ0) is 13.7. The lowest BCUT2D eigenvalue weighted by Crippen LogP contribution is -2.41. The summed E-state index contributed by atoms with van der Waals surface area (Å²) in [6.07, 6.45) is 2.68. The van der Waals surface area contributed by atoms with Crippen molar-refractivity contribution in [2.24, 2.45) is 5.92 Å². The van der Waals surface area contributed by atoms with E-state index in [0.717, 1.165) is 13.0 Å². The van der Waals surface area contributed by atoms with Crippen molar-refractivity contribution in [3.8, 4) is 0 Å². The molecule has 4 nitrogen and oxygen atoms in total. The number of aliphatic hydroxyl groups is 1. The zero-order valence-electron chi connectivity index (χ0n) is 11.1. The van der Waals surface area contributed by atoms with Crippen molar-refractivity contribution < 1.29 is 9.90 Å². The maximum absolute atomic E-state index is 12.1. The van der Waals surface area contributed by atoms with Crippen molar-refractivity contribution in [1.29, 1.82) is 0 Å². The number of aromatic nitrogens is 1. The Morgan fingerprint density at radius 2 is 2.22 bits per heavy atom. The number of halogens is 1. The second-order valence-electron chi connectivity index (χ2n) is 4.74. The average Bonchev–Trinajstić information content (AvgIpc) is 2.67. The Kier molecular flexibility index (Phi) is 5.69. The minimum absolute atomic E-state index is 0.0639. The summed E-state index contributed by atoms with van der Waals surface area (Å²) in [5, 5.41) is 12.6. The minimum atomic E-state index is -0.235. The highest BCUT2D eigenvalue weighted by Crippen LogP contribution is 2.15. The van der Waals surface area contributed by atoms with Gasteiger partial charge in [0.25, 0.3) is 5.91 Å². The van der Waals surface area contributed by atoms with Crippen molar-refractivity contribution in [2.75, 3.05) is 6.61 Å². The Labute approximate surface area is 113 Å². The van der Waals surface area contributed by atoms with Gasteiger partial charge in [-0.15, -0.1) is 0 Å². The van der Waals surface area contributed by atoms with E-state index in [9.17, 15) is 9.90 Å². The molecule has 18 heavy (non-hydrogen) atoms. The van der Waals surface area contributed by atoms with Crippen molar-refractivity contribution in [1.82, 2.24) is 9.88 Å². The van der Waals surface area contributed by atoms with E-state index in [4.69, 9.17) is 11.6 Å². The predicted molar refractivity (Wildman–Crippen MR) is 72.9 cm³/mol. The summed E-state index contributed by atoms with van der Waals surface area (Å²) in [6.45, 7) is 6.64. The van der Waals surface area contributed by atoms with Crippen LogP contribution in [0.2, 0.25) is 5.02 Å². The van der Waals surface area contributed by atoms with Gasteiger partial charge in [0.2, 0.25) is 0 Å². The molecule has 1 aromatic heterocycles. The number of amides is 1. The minimum Gasteiger partial charge on any atom is -0.394 e. The molecule has 0 spiro atoms. The quantitative estimate of drug-likeness (QED) is 0.835. The van der Waals surface area contributed by atoms with Crippen LogP contribution >= 0.6 is 11.6 Å². The average molecular weight is 273 g/mol. The molecule has 1 heterocycles. The maximum Gasteiger partial charge on any atom is 0.268 e. The van der Waals surface area contributed by atoms with Crippen molar-refractivity contribution >= 4 is 17.5 Å². The second kappa shape index (κ2) is 6.81. The first-order valence-electron chi connectivity index (χ1n) is 6.27. The number of carbonyl (C=O) groups excluding carboxylic acids is 1. The zero-order valence-corrected chi connectivity index (χ0v) is 11.9. The Morgan fingerprint density at radius 3 is 2.72 bits per heavy atom. The molecule has 1 rings (SSSR count). The summed E-state index contributed by atoms with van der Waals surface area (Å²) in [5.74, 6) is -0.00731. The molecular formula is C13H21ClN2O2. The molecule has 1 unspecified atom stereocenters. The molecule has 1 aromatic rings. The molecule has 0 aliphatic carbocycles. The van der Waals surface area contributed by atoms with Crippen LogP contribution in [0.4, 0.5) is 0 Å². The summed E-state index contributed by atoms with van der Waals surface area (Å²) < 4.78 is 1.84. The highest BCUT2D eigenvalue weighted by atomic mass is 35.5. The van der Waals surface area contributed by atoms with Gasteiger partial charge in [-0.2, -0.15) is 0 Å². The van der Waals surface area contributed by atoms with E-state index in [-0.39, 0.29) is 24.5 Å². The lowest BCUT2D eigenvalue weighted by molar-refractivity contribution is 0.0887. The van der Waals surface area contributed by atoms with E-state index >= 15 is 0 Å².